The van der Waals surface area contributed by atoms with Gasteiger partial charge < -0.3 is 5.32 Å². The number of hydrogen-bond donors (Lipinski definition) is 1. The Hall–Kier alpha value is -1.06. The fourth-order valence-corrected chi connectivity index (χ4v) is 4.35. The number of hydrogen-bond acceptors (Lipinski definition) is 2. The van der Waals surface area contributed by atoms with Gasteiger partial charge in [0.15, 0.2) is 5.17 Å². The van der Waals surface area contributed by atoms with Crippen LogP contribution < -0.4 is 5.32 Å². The number of nitrogens with one attached hydrogen (secondary N) is 1. The Labute approximate surface area is 199 Å². The molecule has 0 radical (unpaired) electrons. The van der Waals surface area contributed by atoms with Gasteiger partial charge in [-0.1, -0.05) is 120 Å². The van der Waals surface area contributed by atoms with Crippen molar-refractivity contribution in [1.29, 1.82) is 0 Å². The van der Waals surface area contributed by atoms with Crippen LogP contribution in [-0.4, -0.2) is 25.0 Å². The molecule has 0 saturated carbocycles. The molecule has 3 heteroatoms. The molecule has 0 rings (SSSR count). The second-order valence-corrected chi connectivity index (χ2v) is 9.47. The zero-order valence-corrected chi connectivity index (χ0v) is 21.8. The highest BCUT2D eigenvalue weighted by Crippen LogP contribution is 2.12. The molecule has 0 aliphatic heterocycles. The number of amidine groups is 1. The van der Waals surface area contributed by atoms with E-state index < -0.39 is 0 Å². The predicted molar refractivity (Wildman–Crippen MR) is 144 cm³/mol. The van der Waals surface area contributed by atoms with E-state index in [2.05, 4.69) is 40.9 Å². The van der Waals surface area contributed by atoms with Gasteiger partial charge in [0.25, 0.3) is 0 Å². The second kappa shape index (κ2) is 27.0. The highest BCUT2D eigenvalue weighted by molar-refractivity contribution is 8.13. The zero-order chi connectivity index (χ0) is 22.7. The van der Waals surface area contributed by atoms with Crippen LogP contribution >= 0.6 is 11.8 Å². The predicted octanol–water partition coefficient (Wildman–Crippen LogP) is 8.36. The van der Waals surface area contributed by atoms with Crippen molar-refractivity contribution in [3.63, 3.8) is 0 Å². The van der Waals surface area contributed by atoms with Crippen molar-refractivity contribution in [2.75, 3.05) is 19.8 Å². The third kappa shape index (κ3) is 25.1. The fraction of sp³-hybridized carbons (Fsp3) is 0.821. The van der Waals surface area contributed by atoms with Crippen LogP contribution in [0.15, 0.2) is 4.99 Å². The van der Waals surface area contributed by atoms with Crippen LogP contribution in [0.4, 0.5) is 0 Å². The van der Waals surface area contributed by atoms with Gasteiger partial charge in [-0.25, -0.2) is 0 Å². The SMILES string of the molecule is CCCCCCCCCCCCC#CC#CCCCCCCCCCSC(=NC)NC. The van der Waals surface area contributed by atoms with Crippen LogP contribution in [0.5, 0.6) is 0 Å². The average molecular weight is 447 g/mol. The van der Waals surface area contributed by atoms with E-state index >= 15 is 0 Å². The van der Waals surface area contributed by atoms with E-state index in [0.29, 0.717) is 0 Å². The molecule has 0 atom stereocenters. The Morgan fingerprint density at radius 3 is 1.48 bits per heavy atom. The Morgan fingerprint density at radius 1 is 0.645 bits per heavy atom. The van der Waals surface area contributed by atoms with Crippen molar-refractivity contribution >= 4 is 16.9 Å². The first kappa shape index (κ1) is 29.9. The monoisotopic (exact) mass is 446 g/mol. The lowest BCUT2D eigenvalue weighted by molar-refractivity contribution is 0.558. The van der Waals surface area contributed by atoms with Crippen LogP contribution in [0.1, 0.15) is 129 Å². The Balaban J connectivity index is 3.28. The van der Waals surface area contributed by atoms with Gasteiger partial charge in [0.1, 0.15) is 0 Å². The van der Waals surface area contributed by atoms with E-state index in [4.69, 9.17) is 0 Å². The van der Waals surface area contributed by atoms with Crippen LogP contribution in [0, 0.1) is 23.7 Å². The molecule has 0 unspecified atom stereocenters. The number of rotatable bonds is 19. The summed E-state index contributed by atoms with van der Waals surface area (Å²) < 4.78 is 0. The molecule has 0 amide bonds. The van der Waals surface area contributed by atoms with E-state index in [-0.39, 0.29) is 0 Å². The molecular formula is C28H50N2S. The van der Waals surface area contributed by atoms with Crippen molar-refractivity contribution in [3.05, 3.63) is 0 Å². The van der Waals surface area contributed by atoms with Crippen LogP contribution in [-0.2, 0) is 0 Å². The smallest absolute Gasteiger partial charge is 0.156 e. The lowest BCUT2D eigenvalue weighted by Crippen LogP contribution is -2.14. The maximum absolute atomic E-state index is 4.18. The second-order valence-electron chi connectivity index (χ2n) is 8.39. The van der Waals surface area contributed by atoms with Gasteiger partial charge in [-0.15, -0.1) is 0 Å². The van der Waals surface area contributed by atoms with Crippen LogP contribution in [0.2, 0.25) is 0 Å². The maximum Gasteiger partial charge on any atom is 0.156 e. The summed E-state index contributed by atoms with van der Waals surface area (Å²) in [6, 6.07) is 0. The van der Waals surface area contributed by atoms with Crippen molar-refractivity contribution in [2.24, 2.45) is 4.99 Å². The summed E-state index contributed by atoms with van der Waals surface area (Å²) in [6.45, 7) is 2.28. The van der Waals surface area contributed by atoms with Crippen molar-refractivity contribution in [3.8, 4) is 23.7 Å². The molecule has 0 bridgehead atoms. The summed E-state index contributed by atoms with van der Waals surface area (Å²) >= 11 is 1.83. The quantitative estimate of drug-likeness (QED) is 0.0932. The average Bonchev–Trinajstić information content (AvgIpc) is 2.79. The van der Waals surface area contributed by atoms with E-state index in [1.807, 2.05) is 25.9 Å². The summed E-state index contributed by atoms with van der Waals surface area (Å²) in [5.41, 5.74) is 0. The molecule has 0 aromatic carbocycles. The molecular weight excluding hydrogens is 396 g/mol. The molecule has 0 aromatic rings. The zero-order valence-electron chi connectivity index (χ0n) is 21.0. The molecule has 0 aliphatic rings. The van der Waals surface area contributed by atoms with Gasteiger partial charge in [0, 0.05) is 32.7 Å². The molecule has 0 heterocycles. The van der Waals surface area contributed by atoms with Crippen molar-refractivity contribution in [1.82, 2.24) is 5.32 Å². The Bertz CT molecular complexity index is 519. The van der Waals surface area contributed by atoms with Gasteiger partial charge >= 0.3 is 0 Å². The lowest BCUT2D eigenvalue weighted by Gasteiger charge is -2.04. The summed E-state index contributed by atoms with van der Waals surface area (Å²) in [7, 11) is 3.78. The first-order valence-corrected chi connectivity index (χ1v) is 14.1. The first-order chi connectivity index (χ1) is 15.3. The number of unbranched alkanes of at least 4 members (excludes halogenated alkanes) is 17. The van der Waals surface area contributed by atoms with Gasteiger partial charge in [-0.05, 0) is 31.1 Å². The molecule has 0 saturated heterocycles. The molecule has 178 valence electrons. The van der Waals surface area contributed by atoms with E-state index in [9.17, 15) is 0 Å². The first-order valence-electron chi connectivity index (χ1n) is 13.1. The Morgan fingerprint density at radius 2 is 1.06 bits per heavy atom. The highest BCUT2D eigenvalue weighted by atomic mass is 32.2. The minimum atomic E-state index is 1.01. The van der Waals surface area contributed by atoms with Gasteiger partial charge in [0.05, 0.1) is 0 Å². The number of aliphatic imine (C=N–C) groups is 1. The fourth-order valence-electron chi connectivity index (χ4n) is 3.53. The van der Waals surface area contributed by atoms with E-state index in [1.54, 1.807) is 0 Å². The highest BCUT2D eigenvalue weighted by Gasteiger charge is 1.96. The third-order valence-corrected chi connectivity index (χ3v) is 6.65. The molecule has 0 spiro atoms. The Kier molecular flexibility index (Phi) is 26.1. The van der Waals surface area contributed by atoms with Crippen LogP contribution in [0.3, 0.4) is 0 Å². The van der Waals surface area contributed by atoms with Gasteiger partial charge in [0.2, 0.25) is 0 Å². The standard InChI is InChI=1S/C28H50N2S/c1-4-5-6-7-8-9-10-11-12-13-14-15-16-17-18-19-20-21-22-23-24-25-26-27-31-28(29-2)30-3/h4-14,19-27H2,1-3H3,(H,29,30). The molecule has 0 aliphatic carbocycles. The molecule has 0 aromatic heterocycles. The lowest BCUT2D eigenvalue weighted by atomic mass is 10.1. The van der Waals surface area contributed by atoms with Crippen LogP contribution in [0.25, 0.3) is 0 Å². The van der Waals surface area contributed by atoms with Crippen molar-refractivity contribution < 1.29 is 0 Å². The number of nitrogens with zero attached hydrogens (tertiary/aromatic N) is 1. The van der Waals surface area contributed by atoms with E-state index in [0.717, 1.165) is 18.0 Å². The van der Waals surface area contributed by atoms with Gasteiger partial charge in [-0.2, -0.15) is 0 Å². The summed E-state index contributed by atoms with van der Waals surface area (Å²) in [6.07, 6.45) is 25.1. The summed E-state index contributed by atoms with van der Waals surface area (Å²) in [5.74, 6) is 13.7. The molecule has 1 N–H and O–H groups in total. The van der Waals surface area contributed by atoms with Gasteiger partial charge in [-0.3, -0.25) is 4.99 Å². The number of thioether (sulfide) groups is 1. The molecule has 31 heavy (non-hydrogen) atoms. The summed E-state index contributed by atoms with van der Waals surface area (Å²) in [5, 5.41) is 4.16. The normalized spacial score (nSPS) is 10.9. The minimum Gasteiger partial charge on any atom is -0.368 e. The minimum absolute atomic E-state index is 1.01. The maximum atomic E-state index is 4.18. The van der Waals surface area contributed by atoms with E-state index in [1.165, 1.54) is 115 Å². The molecule has 0 fully saturated rings. The molecule has 2 nitrogen and oxygen atoms in total. The van der Waals surface area contributed by atoms with Crippen molar-refractivity contribution in [2.45, 2.75) is 129 Å². The topological polar surface area (TPSA) is 24.4 Å². The largest absolute Gasteiger partial charge is 0.368 e. The summed E-state index contributed by atoms with van der Waals surface area (Å²) in [4.78, 5) is 4.18. The third-order valence-electron chi connectivity index (χ3n) is 5.50.